The number of esters is 3. The first-order chi connectivity index (χ1) is 40.0. The lowest BCUT2D eigenvalue weighted by atomic mass is 10.0. The monoisotopic (exact) mass is 1130 g/mol. The van der Waals surface area contributed by atoms with Crippen molar-refractivity contribution in [2.45, 2.75) is 361 Å². The summed E-state index contributed by atoms with van der Waals surface area (Å²) < 4.78 is 17.0. The standard InChI is InChI=1S/C75H132O6/c1-4-7-10-13-16-19-22-24-26-28-30-32-34-35-36-37-38-39-41-42-44-46-48-50-53-56-59-62-65-68-74(77)80-71-72(70-79-73(76)67-64-61-58-55-52-21-18-15-12-9-6-3)81-75(78)69-66-63-60-57-54-51-49-47-45-43-40-33-31-29-27-25-23-20-17-14-11-8-5-2/h7,10,16,19,23-26,29-32,40,43,72H,4-6,8-9,11-15,17-18,20-22,27-28,33-39,41-42,44-71H2,1-3H3/b10-7-,19-16-,25-23-,26-24-,31-29-,32-30-,43-40-. The average molecular weight is 1130 g/mol. The predicted molar refractivity (Wildman–Crippen MR) is 353 cm³/mol. The Labute approximate surface area is 503 Å². The van der Waals surface area contributed by atoms with Gasteiger partial charge in [0.15, 0.2) is 6.10 Å². The summed E-state index contributed by atoms with van der Waals surface area (Å²) in [5, 5.41) is 0. The van der Waals surface area contributed by atoms with Crippen LogP contribution in [0.4, 0.5) is 0 Å². The Kier molecular flexibility index (Phi) is 66.2. The Morgan fingerprint density at radius 3 is 0.753 bits per heavy atom. The summed E-state index contributed by atoms with van der Waals surface area (Å²) in [6.07, 6.45) is 91.8. The van der Waals surface area contributed by atoms with Crippen molar-refractivity contribution in [1.29, 1.82) is 0 Å². The molecule has 0 aromatic heterocycles. The van der Waals surface area contributed by atoms with E-state index in [-0.39, 0.29) is 31.1 Å². The number of hydrogen-bond donors (Lipinski definition) is 0. The summed E-state index contributed by atoms with van der Waals surface area (Å²) in [6, 6.07) is 0. The van der Waals surface area contributed by atoms with Crippen molar-refractivity contribution in [2.24, 2.45) is 0 Å². The summed E-state index contributed by atoms with van der Waals surface area (Å²) in [4.78, 5) is 38.4. The Morgan fingerprint density at radius 2 is 0.481 bits per heavy atom. The van der Waals surface area contributed by atoms with Gasteiger partial charge in [-0.15, -0.1) is 0 Å². The van der Waals surface area contributed by atoms with Gasteiger partial charge in [0.25, 0.3) is 0 Å². The summed E-state index contributed by atoms with van der Waals surface area (Å²) in [6.45, 7) is 6.55. The largest absolute Gasteiger partial charge is 0.462 e. The molecule has 0 amide bonds. The van der Waals surface area contributed by atoms with Crippen molar-refractivity contribution in [3.8, 4) is 0 Å². The van der Waals surface area contributed by atoms with Crippen LogP contribution in [-0.2, 0) is 28.6 Å². The molecule has 0 saturated heterocycles. The highest BCUT2D eigenvalue weighted by atomic mass is 16.6. The van der Waals surface area contributed by atoms with Gasteiger partial charge in [-0.3, -0.25) is 14.4 Å². The summed E-state index contributed by atoms with van der Waals surface area (Å²) in [7, 11) is 0. The van der Waals surface area contributed by atoms with Gasteiger partial charge >= 0.3 is 17.9 Å². The smallest absolute Gasteiger partial charge is 0.306 e. The highest BCUT2D eigenvalue weighted by molar-refractivity contribution is 5.71. The number of carbonyl (C=O) groups is 3. The van der Waals surface area contributed by atoms with Gasteiger partial charge in [-0.1, -0.05) is 324 Å². The summed E-state index contributed by atoms with van der Waals surface area (Å²) in [5.74, 6) is -0.864. The van der Waals surface area contributed by atoms with E-state index in [9.17, 15) is 14.4 Å². The van der Waals surface area contributed by atoms with Crippen LogP contribution in [0.3, 0.4) is 0 Å². The van der Waals surface area contributed by atoms with Crippen molar-refractivity contribution in [3.63, 3.8) is 0 Å². The minimum atomic E-state index is -0.779. The van der Waals surface area contributed by atoms with Crippen LogP contribution in [0.25, 0.3) is 0 Å². The van der Waals surface area contributed by atoms with Gasteiger partial charge in [0.1, 0.15) is 13.2 Å². The number of ether oxygens (including phenoxy) is 3. The van der Waals surface area contributed by atoms with Crippen LogP contribution in [0, 0.1) is 0 Å². The van der Waals surface area contributed by atoms with Crippen LogP contribution >= 0.6 is 0 Å². The van der Waals surface area contributed by atoms with Gasteiger partial charge < -0.3 is 14.2 Å². The zero-order chi connectivity index (χ0) is 58.5. The Hall–Kier alpha value is -3.41. The van der Waals surface area contributed by atoms with E-state index in [1.165, 1.54) is 212 Å². The van der Waals surface area contributed by atoms with E-state index in [0.29, 0.717) is 19.3 Å². The van der Waals surface area contributed by atoms with Crippen LogP contribution in [0.5, 0.6) is 0 Å². The molecule has 6 nitrogen and oxygen atoms in total. The molecule has 468 valence electrons. The van der Waals surface area contributed by atoms with E-state index < -0.39 is 6.10 Å². The highest BCUT2D eigenvalue weighted by Gasteiger charge is 2.19. The van der Waals surface area contributed by atoms with Gasteiger partial charge in [0.05, 0.1) is 0 Å². The van der Waals surface area contributed by atoms with Gasteiger partial charge in [-0.2, -0.15) is 0 Å². The Balaban J connectivity index is 4.21. The topological polar surface area (TPSA) is 78.9 Å². The zero-order valence-corrected chi connectivity index (χ0v) is 53.8. The lowest BCUT2D eigenvalue weighted by molar-refractivity contribution is -0.167. The van der Waals surface area contributed by atoms with Gasteiger partial charge in [-0.05, 0) is 96.3 Å². The second kappa shape index (κ2) is 69.1. The SMILES string of the molecule is CC/C=C\C/C=C\C/C=C\C/C=C\CCCCCCCCCCCCCCCCCCC(=O)OCC(COC(=O)CCCCCCCCCCCCC)OC(=O)CCCCCCCCCC/C=C\C/C=C\C/C=C\CCCCCCC. The molecule has 0 radical (unpaired) electrons. The molecule has 0 saturated carbocycles. The second-order valence-electron chi connectivity index (χ2n) is 23.4. The second-order valence-corrected chi connectivity index (χ2v) is 23.4. The van der Waals surface area contributed by atoms with Crippen LogP contribution < -0.4 is 0 Å². The molecule has 1 atom stereocenters. The quantitative estimate of drug-likeness (QED) is 0.0261. The number of rotatable bonds is 64. The maximum Gasteiger partial charge on any atom is 0.306 e. The molecule has 0 aliphatic heterocycles. The van der Waals surface area contributed by atoms with E-state index in [1.54, 1.807) is 0 Å². The minimum Gasteiger partial charge on any atom is -0.462 e. The molecule has 0 fully saturated rings. The molecular weight excluding hydrogens is 997 g/mol. The van der Waals surface area contributed by atoms with Crippen LogP contribution in [0.15, 0.2) is 85.1 Å². The number of carbonyl (C=O) groups excluding carboxylic acids is 3. The van der Waals surface area contributed by atoms with Crippen LogP contribution in [0.1, 0.15) is 355 Å². The van der Waals surface area contributed by atoms with Crippen LogP contribution in [-0.4, -0.2) is 37.2 Å². The van der Waals surface area contributed by atoms with Crippen molar-refractivity contribution < 1.29 is 28.6 Å². The van der Waals surface area contributed by atoms with Crippen molar-refractivity contribution in [1.82, 2.24) is 0 Å². The molecule has 0 heterocycles. The molecule has 81 heavy (non-hydrogen) atoms. The highest BCUT2D eigenvalue weighted by Crippen LogP contribution is 2.17. The zero-order valence-electron chi connectivity index (χ0n) is 53.8. The molecule has 0 aliphatic rings. The molecular formula is C75H132O6. The fourth-order valence-electron chi connectivity index (χ4n) is 10.2. The lowest BCUT2D eigenvalue weighted by Crippen LogP contribution is -2.30. The molecule has 6 heteroatoms. The molecule has 0 aromatic rings. The molecule has 1 unspecified atom stereocenters. The molecule has 0 spiro atoms. The van der Waals surface area contributed by atoms with Crippen molar-refractivity contribution >= 4 is 17.9 Å². The fraction of sp³-hybridized carbons (Fsp3) is 0.773. The Bertz CT molecular complexity index is 1530. The molecule has 0 aromatic carbocycles. The number of allylic oxidation sites excluding steroid dienone is 14. The van der Waals surface area contributed by atoms with Crippen molar-refractivity contribution in [2.75, 3.05) is 13.2 Å². The maximum absolute atomic E-state index is 12.9. The van der Waals surface area contributed by atoms with Crippen LogP contribution in [0.2, 0.25) is 0 Å². The number of hydrogen-bond acceptors (Lipinski definition) is 6. The first kappa shape index (κ1) is 77.6. The van der Waals surface area contributed by atoms with E-state index >= 15 is 0 Å². The van der Waals surface area contributed by atoms with E-state index in [0.717, 1.165) is 103 Å². The summed E-state index contributed by atoms with van der Waals surface area (Å²) >= 11 is 0. The molecule has 0 N–H and O–H groups in total. The normalized spacial score (nSPS) is 12.6. The predicted octanol–water partition coefficient (Wildman–Crippen LogP) is 24.2. The average Bonchev–Trinajstić information content (AvgIpc) is 3.47. The number of unbranched alkanes of at least 4 members (excludes halogenated alkanes) is 39. The maximum atomic E-state index is 12.9. The molecule has 0 bridgehead atoms. The van der Waals surface area contributed by atoms with E-state index in [2.05, 4.69) is 106 Å². The van der Waals surface area contributed by atoms with E-state index in [4.69, 9.17) is 14.2 Å². The van der Waals surface area contributed by atoms with Gasteiger partial charge in [0.2, 0.25) is 0 Å². The van der Waals surface area contributed by atoms with Crippen molar-refractivity contribution in [3.05, 3.63) is 85.1 Å². The third kappa shape index (κ3) is 67.3. The Morgan fingerprint density at radius 1 is 0.259 bits per heavy atom. The third-order valence-electron chi connectivity index (χ3n) is 15.4. The summed E-state index contributed by atoms with van der Waals surface area (Å²) in [5.41, 5.74) is 0. The third-order valence-corrected chi connectivity index (χ3v) is 15.4. The van der Waals surface area contributed by atoms with Gasteiger partial charge in [0, 0.05) is 19.3 Å². The fourth-order valence-corrected chi connectivity index (χ4v) is 10.2. The first-order valence-electron chi connectivity index (χ1n) is 35.1. The molecule has 0 aliphatic carbocycles. The molecule has 0 rings (SSSR count). The minimum absolute atomic E-state index is 0.0748. The van der Waals surface area contributed by atoms with E-state index in [1.807, 2.05) is 0 Å². The lowest BCUT2D eigenvalue weighted by Gasteiger charge is -2.18. The first-order valence-corrected chi connectivity index (χ1v) is 35.1. The van der Waals surface area contributed by atoms with Gasteiger partial charge in [-0.25, -0.2) is 0 Å².